The third-order valence-electron chi connectivity index (χ3n) is 9.66. The molecule has 7 aromatic carbocycles. The fourth-order valence-corrected chi connectivity index (χ4v) is 7.20. The molecule has 0 amide bonds. The minimum Gasteiger partial charge on any atom is -0.455 e. The van der Waals surface area contributed by atoms with Gasteiger partial charge in [0.1, 0.15) is 17.0 Å². The standard InChI is InChI=1S/C47H30N4O/c1-4-14-32(15-5-1)40-30-41(49-46(48-40)33-16-6-2-7-17-33)37-21-13-25-43-44(37)38-22-12-20-36(45(38)52-43)31-26-28-34(29-27-31)47-50-39-23-10-11-24-42(39)51(47)35-18-8-3-9-19-35/h1-30H. The van der Waals surface area contributed by atoms with Gasteiger partial charge in [-0.2, -0.15) is 0 Å². The van der Waals surface area contributed by atoms with E-state index in [1.807, 2.05) is 60.7 Å². The number of aromatic nitrogens is 4. The molecule has 5 heteroatoms. The van der Waals surface area contributed by atoms with Gasteiger partial charge in [0.05, 0.1) is 22.4 Å². The van der Waals surface area contributed by atoms with E-state index in [0.717, 1.165) is 89.3 Å². The average Bonchev–Trinajstić information content (AvgIpc) is 3.81. The molecule has 0 aliphatic carbocycles. The molecule has 0 aliphatic heterocycles. The molecule has 0 atom stereocenters. The predicted molar refractivity (Wildman–Crippen MR) is 211 cm³/mol. The SMILES string of the molecule is c1ccc(-c2cc(-c3cccc4oc5c(-c6ccc(-c7nc8ccccc8n7-c7ccccc7)cc6)cccc5c34)nc(-c3ccccc3)n2)cc1. The van der Waals surface area contributed by atoms with Crippen LogP contribution in [-0.2, 0) is 0 Å². The molecule has 0 radical (unpaired) electrons. The van der Waals surface area contributed by atoms with Gasteiger partial charge in [0.25, 0.3) is 0 Å². The van der Waals surface area contributed by atoms with Gasteiger partial charge in [-0.15, -0.1) is 0 Å². The van der Waals surface area contributed by atoms with Crippen molar-refractivity contribution in [1.82, 2.24) is 19.5 Å². The zero-order valence-corrected chi connectivity index (χ0v) is 28.0. The molecule has 10 rings (SSSR count). The maximum absolute atomic E-state index is 6.70. The first-order valence-electron chi connectivity index (χ1n) is 17.4. The summed E-state index contributed by atoms with van der Waals surface area (Å²) in [6.45, 7) is 0. The molecule has 0 N–H and O–H groups in total. The number of nitrogens with zero attached hydrogens (tertiary/aromatic N) is 4. The second kappa shape index (κ2) is 12.3. The van der Waals surface area contributed by atoms with E-state index in [9.17, 15) is 0 Å². The fraction of sp³-hybridized carbons (Fsp3) is 0. The second-order valence-electron chi connectivity index (χ2n) is 12.8. The first kappa shape index (κ1) is 29.8. The van der Waals surface area contributed by atoms with E-state index >= 15 is 0 Å². The number of rotatable bonds is 6. The van der Waals surface area contributed by atoms with E-state index in [1.165, 1.54) is 0 Å². The van der Waals surface area contributed by atoms with Crippen molar-refractivity contribution in [2.24, 2.45) is 0 Å². The lowest BCUT2D eigenvalue weighted by Crippen LogP contribution is -1.97. The van der Waals surface area contributed by atoms with Gasteiger partial charge in [-0.1, -0.05) is 146 Å². The van der Waals surface area contributed by atoms with Gasteiger partial charge in [0.15, 0.2) is 5.82 Å². The molecular weight excluding hydrogens is 637 g/mol. The van der Waals surface area contributed by atoms with Crippen molar-refractivity contribution in [3.8, 4) is 62.1 Å². The predicted octanol–water partition coefficient (Wildman–Crippen LogP) is 12.0. The van der Waals surface area contributed by atoms with Crippen molar-refractivity contribution in [1.29, 1.82) is 0 Å². The van der Waals surface area contributed by atoms with Crippen LogP contribution in [0.3, 0.4) is 0 Å². The Labute approximate surface area is 300 Å². The summed E-state index contributed by atoms with van der Waals surface area (Å²) in [5.74, 6) is 1.59. The van der Waals surface area contributed by atoms with Gasteiger partial charge < -0.3 is 4.42 Å². The van der Waals surface area contributed by atoms with Crippen molar-refractivity contribution >= 4 is 33.0 Å². The van der Waals surface area contributed by atoms with Crippen LogP contribution in [0.15, 0.2) is 186 Å². The molecule has 5 nitrogen and oxygen atoms in total. The van der Waals surface area contributed by atoms with Crippen molar-refractivity contribution in [2.75, 3.05) is 0 Å². The summed E-state index contributed by atoms with van der Waals surface area (Å²) in [6.07, 6.45) is 0. The second-order valence-corrected chi connectivity index (χ2v) is 12.8. The molecule has 10 aromatic rings. The van der Waals surface area contributed by atoms with E-state index in [4.69, 9.17) is 19.4 Å². The highest BCUT2D eigenvalue weighted by atomic mass is 16.3. The first-order valence-corrected chi connectivity index (χ1v) is 17.4. The largest absolute Gasteiger partial charge is 0.455 e. The summed E-state index contributed by atoms with van der Waals surface area (Å²) in [7, 11) is 0. The number of hydrogen-bond donors (Lipinski definition) is 0. The number of para-hydroxylation sites is 4. The van der Waals surface area contributed by atoms with Crippen LogP contribution in [0.25, 0.3) is 95.1 Å². The number of benzene rings is 7. The fourth-order valence-electron chi connectivity index (χ4n) is 7.20. The molecule has 0 bridgehead atoms. The average molecular weight is 667 g/mol. The van der Waals surface area contributed by atoms with Crippen LogP contribution in [0, 0.1) is 0 Å². The Kier molecular flexibility index (Phi) is 7.07. The van der Waals surface area contributed by atoms with Crippen LogP contribution >= 0.6 is 0 Å². The first-order chi connectivity index (χ1) is 25.8. The summed E-state index contributed by atoms with van der Waals surface area (Å²) < 4.78 is 8.93. The number of fused-ring (bicyclic) bond motifs is 4. The summed E-state index contributed by atoms with van der Waals surface area (Å²) in [5, 5.41) is 2.07. The highest BCUT2D eigenvalue weighted by Crippen LogP contribution is 2.41. The molecule has 244 valence electrons. The van der Waals surface area contributed by atoms with E-state index < -0.39 is 0 Å². The topological polar surface area (TPSA) is 56.7 Å². The molecule has 0 aliphatic rings. The van der Waals surface area contributed by atoms with Gasteiger partial charge >= 0.3 is 0 Å². The Morgan fingerprint density at radius 3 is 1.87 bits per heavy atom. The molecule has 0 saturated carbocycles. The normalized spacial score (nSPS) is 11.5. The lowest BCUT2D eigenvalue weighted by molar-refractivity contribution is 0.670. The summed E-state index contributed by atoms with van der Waals surface area (Å²) in [6, 6.07) is 62.4. The van der Waals surface area contributed by atoms with Gasteiger partial charge in [-0.3, -0.25) is 4.57 Å². The highest BCUT2D eigenvalue weighted by molar-refractivity contribution is 6.15. The van der Waals surface area contributed by atoms with Crippen molar-refractivity contribution in [3.63, 3.8) is 0 Å². The monoisotopic (exact) mass is 666 g/mol. The summed E-state index contributed by atoms with van der Waals surface area (Å²) in [5.41, 5.74) is 12.6. The molecule has 3 aromatic heterocycles. The summed E-state index contributed by atoms with van der Waals surface area (Å²) in [4.78, 5) is 15.2. The molecule has 3 heterocycles. The van der Waals surface area contributed by atoms with Crippen LogP contribution in [0.1, 0.15) is 0 Å². The Morgan fingerprint density at radius 1 is 0.442 bits per heavy atom. The van der Waals surface area contributed by atoms with Gasteiger partial charge in [-0.05, 0) is 42.0 Å². The van der Waals surface area contributed by atoms with Gasteiger partial charge in [-0.25, -0.2) is 15.0 Å². The quantitative estimate of drug-likeness (QED) is 0.177. The minimum absolute atomic E-state index is 0.684. The Balaban J connectivity index is 1.10. The van der Waals surface area contributed by atoms with Crippen LogP contribution in [0.5, 0.6) is 0 Å². The van der Waals surface area contributed by atoms with Crippen molar-refractivity contribution in [2.45, 2.75) is 0 Å². The van der Waals surface area contributed by atoms with E-state index in [2.05, 4.69) is 126 Å². The van der Waals surface area contributed by atoms with Crippen molar-refractivity contribution < 1.29 is 4.42 Å². The Hall–Kier alpha value is -7.11. The number of furan rings is 1. The van der Waals surface area contributed by atoms with Gasteiger partial charge in [0, 0.05) is 44.3 Å². The minimum atomic E-state index is 0.684. The molecule has 0 saturated heterocycles. The van der Waals surface area contributed by atoms with Crippen molar-refractivity contribution in [3.05, 3.63) is 182 Å². The maximum atomic E-state index is 6.70. The van der Waals surface area contributed by atoms with Crippen LogP contribution < -0.4 is 0 Å². The van der Waals surface area contributed by atoms with E-state index in [1.54, 1.807) is 0 Å². The molecular formula is C47H30N4O. The molecule has 0 unspecified atom stereocenters. The zero-order chi connectivity index (χ0) is 34.4. The van der Waals surface area contributed by atoms with E-state index in [-0.39, 0.29) is 0 Å². The molecule has 52 heavy (non-hydrogen) atoms. The third-order valence-corrected chi connectivity index (χ3v) is 9.66. The van der Waals surface area contributed by atoms with E-state index in [0.29, 0.717) is 5.82 Å². The summed E-state index contributed by atoms with van der Waals surface area (Å²) >= 11 is 0. The van der Waals surface area contributed by atoms with Crippen LogP contribution in [0.2, 0.25) is 0 Å². The highest BCUT2D eigenvalue weighted by Gasteiger charge is 2.19. The zero-order valence-electron chi connectivity index (χ0n) is 28.0. The van der Waals surface area contributed by atoms with Gasteiger partial charge in [0.2, 0.25) is 0 Å². The Bertz CT molecular complexity index is 2820. The van der Waals surface area contributed by atoms with Crippen LogP contribution in [0.4, 0.5) is 0 Å². The smallest absolute Gasteiger partial charge is 0.160 e. The molecule has 0 spiro atoms. The molecule has 0 fully saturated rings. The number of hydrogen-bond acceptors (Lipinski definition) is 4. The maximum Gasteiger partial charge on any atom is 0.160 e. The lowest BCUT2D eigenvalue weighted by Gasteiger charge is -2.10. The third kappa shape index (κ3) is 5.07. The van der Waals surface area contributed by atoms with Crippen LogP contribution in [-0.4, -0.2) is 19.5 Å². The lowest BCUT2D eigenvalue weighted by atomic mass is 9.98. The Morgan fingerprint density at radius 2 is 1.08 bits per heavy atom. The number of imidazole rings is 1.